The van der Waals surface area contributed by atoms with Gasteiger partial charge in [0.25, 0.3) is 5.97 Å². The van der Waals surface area contributed by atoms with Gasteiger partial charge in [0.1, 0.15) is 0 Å². The van der Waals surface area contributed by atoms with Crippen molar-refractivity contribution in [1.82, 2.24) is 0 Å². The Hall–Kier alpha value is 3.50. The van der Waals surface area contributed by atoms with Gasteiger partial charge in [-0.25, -0.2) is 0 Å². The summed E-state index contributed by atoms with van der Waals surface area (Å²) in [5, 5.41) is 7.42. The van der Waals surface area contributed by atoms with Crippen LogP contribution < -0.4 is 0 Å². The molecule has 0 saturated heterocycles. The van der Waals surface area contributed by atoms with Gasteiger partial charge in [0.05, 0.1) is 0 Å². The topological polar surface area (TPSA) is 37.3 Å². The summed E-state index contributed by atoms with van der Waals surface area (Å²) >= 11 is 0. The third-order valence-corrected chi connectivity index (χ3v) is 0. The molecule has 0 atom stereocenters. The number of rotatable bonds is 0. The monoisotopic (exact) mass is 503 g/mol. The van der Waals surface area contributed by atoms with Gasteiger partial charge < -0.3 is 5.11 Å². The number of halogens is 6. The second-order valence-electron chi connectivity index (χ2n) is 1.23. The number of carboxylic acids is 1. The van der Waals surface area contributed by atoms with Crippen LogP contribution in [0.3, 0.4) is 0 Å². The van der Waals surface area contributed by atoms with Crippen LogP contribution in [0.25, 0.3) is 0 Å². The van der Waals surface area contributed by atoms with Crippen molar-refractivity contribution in [1.29, 1.82) is 0 Å². The normalized spacial score (nSPS) is 15.6. The molecule has 12 heavy (non-hydrogen) atoms. The first-order valence-corrected chi connectivity index (χ1v) is 19.5. The molecule has 0 aromatic rings. The van der Waals surface area contributed by atoms with Crippen LogP contribution in [0, 0.1) is 0 Å². The van der Waals surface area contributed by atoms with Crippen LogP contribution in [-0.4, -0.2) is 62.5 Å². The Morgan fingerprint density at radius 2 is 1.08 bits per heavy atom. The van der Waals surface area contributed by atoms with Crippen molar-refractivity contribution in [2.24, 2.45) is 0 Å². The summed E-state index contributed by atoms with van der Waals surface area (Å²) in [5.74, 6) is -0.833. The van der Waals surface area contributed by atoms with Crippen molar-refractivity contribution in [2.45, 2.75) is 6.92 Å². The molecule has 0 saturated carbocycles. The number of carboxylic acid groups (broad SMARTS) is 1. The molecule has 10 heteroatoms. The van der Waals surface area contributed by atoms with Crippen LogP contribution >= 0.6 is 57.5 Å². The second kappa shape index (κ2) is 5.71. The minimum absolute atomic E-state index is 0. The van der Waals surface area contributed by atoms with Crippen molar-refractivity contribution >= 4 is 115 Å². The fourth-order valence-corrected chi connectivity index (χ4v) is 0. The zero-order valence-corrected chi connectivity index (χ0v) is 11.9. The molecule has 0 rings (SSSR count). The average molecular weight is 505 g/mol. The first kappa shape index (κ1) is 20.9. The molecule has 0 fully saturated rings. The predicted molar refractivity (Wildman–Crippen MR) is 55.6 cm³/mol. The van der Waals surface area contributed by atoms with Crippen molar-refractivity contribution in [3.8, 4) is 0 Å². The summed E-state index contributed by atoms with van der Waals surface area (Å²) in [7, 11) is 30.3. The van der Waals surface area contributed by atoms with Gasteiger partial charge in [0.2, 0.25) is 0 Å². The van der Waals surface area contributed by atoms with Gasteiger partial charge in [0.15, 0.2) is 0 Å². The van der Waals surface area contributed by atoms with Crippen molar-refractivity contribution in [3.63, 3.8) is 0 Å². The molecule has 2 nitrogen and oxygen atoms in total. The van der Waals surface area contributed by atoms with Gasteiger partial charge in [-0.3, -0.25) is 4.79 Å². The Kier molecular flexibility index (Phi) is 9.93. The third kappa shape index (κ3) is 172. The van der Waals surface area contributed by atoms with E-state index >= 15 is 0 Å². The molecule has 0 unspecified atom stereocenters. The molecule has 0 amide bonds. The summed E-state index contributed by atoms with van der Waals surface area (Å²) in [6.45, 7) is -4.25. The quantitative estimate of drug-likeness (QED) is 0.512. The fourth-order valence-electron chi connectivity index (χ4n) is 0. The minimum atomic E-state index is -5.33. The first-order valence-electron chi connectivity index (χ1n) is 1.68. The maximum absolute atomic E-state index is 9.00. The molecule has 1 N–H and O–H groups in total. The van der Waals surface area contributed by atoms with Gasteiger partial charge in [-0.05, 0) is 0 Å². The molecule has 0 aliphatic rings. The van der Waals surface area contributed by atoms with E-state index in [9.17, 15) is 0 Å². The molecule has 0 aromatic heterocycles. The number of hydrogen-bond acceptors (Lipinski definition) is 1. The maximum atomic E-state index is 9.00. The Labute approximate surface area is 135 Å². The summed E-state index contributed by atoms with van der Waals surface area (Å²) in [6, 6.07) is 0. The molecule has 77 valence electrons. The van der Waals surface area contributed by atoms with E-state index in [4.69, 9.17) is 67.4 Å². The predicted octanol–water partition coefficient (Wildman–Crippen LogP) is 3.58. The Bertz CT molecular complexity index is 141. The van der Waals surface area contributed by atoms with Gasteiger partial charge in [-0.1, -0.05) is 0 Å². The van der Waals surface area contributed by atoms with E-state index in [0.717, 1.165) is 6.92 Å². The van der Waals surface area contributed by atoms with Crippen molar-refractivity contribution in [3.05, 3.63) is 0 Å². The van der Waals surface area contributed by atoms with Crippen LogP contribution in [0.2, 0.25) is 0 Å². The van der Waals surface area contributed by atoms with Gasteiger partial charge in [-0.15, -0.1) is 0 Å². The Morgan fingerprint density at radius 1 is 1.08 bits per heavy atom. The average Bonchev–Trinajstić information content (AvgIpc) is 1.11. The van der Waals surface area contributed by atoms with Crippen LogP contribution in [0.15, 0.2) is 0 Å². The summed E-state index contributed by atoms with van der Waals surface area (Å²) in [6.07, 6.45) is 0. The first-order chi connectivity index (χ1) is 4.18. The SMILES string of the molecule is CC(=O)O.[Cl][Ir]([Cl])([Cl])([Cl])([Cl])[Cl].[KH]. The Balaban J connectivity index is -0.000000142. The standard InChI is InChI=1S/C2H4O2.6ClH.Ir.K.H/c1-2(3)4;;;;;;;;;/h1H3,(H,3,4);6*1H;;;/q;;;;;;;+6;;/p-6. The number of hydrogen-bond donors (Lipinski definition) is 1. The van der Waals surface area contributed by atoms with Gasteiger partial charge in [-0.2, -0.15) is 0 Å². The summed E-state index contributed by atoms with van der Waals surface area (Å²) in [4.78, 5) is 9.00. The molecule has 0 radical (unpaired) electrons. The van der Waals surface area contributed by atoms with Gasteiger partial charge in [0, 0.05) is 6.92 Å². The molecule has 0 spiro atoms. The zero-order chi connectivity index (χ0) is 9.99. The van der Waals surface area contributed by atoms with Crippen LogP contribution in [-0.2, 0) is 11.6 Å². The molecule has 0 aromatic carbocycles. The van der Waals surface area contributed by atoms with Crippen LogP contribution in [0.5, 0.6) is 0 Å². The summed E-state index contributed by atoms with van der Waals surface area (Å²) < 4.78 is 0. The van der Waals surface area contributed by atoms with Crippen LogP contribution in [0.4, 0.5) is 0 Å². The molecule has 0 aliphatic heterocycles. The van der Waals surface area contributed by atoms with Crippen molar-refractivity contribution < 1.29 is 16.7 Å². The van der Waals surface area contributed by atoms with E-state index < -0.39 is 12.8 Å². The molecule has 0 heterocycles. The second-order valence-corrected chi connectivity index (χ2v) is 53.1. The van der Waals surface area contributed by atoms with E-state index in [1.165, 1.54) is 0 Å². The zero-order valence-electron chi connectivity index (χ0n) is 4.96. The molecular formula is C2H5Cl6IrKO2. The van der Waals surface area contributed by atoms with E-state index in [-0.39, 0.29) is 51.4 Å². The van der Waals surface area contributed by atoms with Crippen LogP contribution in [0.1, 0.15) is 6.92 Å². The molecule has 0 bridgehead atoms. The van der Waals surface area contributed by atoms with E-state index in [0.29, 0.717) is 0 Å². The Morgan fingerprint density at radius 3 is 1.08 bits per heavy atom. The van der Waals surface area contributed by atoms with E-state index in [2.05, 4.69) is 0 Å². The third-order valence-electron chi connectivity index (χ3n) is 0. The van der Waals surface area contributed by atoms with E-state index in [1.807, 2.05) is 0 Å². The summed E-state index contributed by atoms with van der Waals surface area (Å²) in [5.41, 5.74) is 0. The van der Waals surface area contributed by atoms with E-state index in [1.54, 1.807) is 0 Å². The number of carbonyl (C=O) groups is 1. The fraction of sp³-hybridized carbons (Fsp3) is 0.500. The molecule has 0 aliphatic carbocycles. The number of aliphatic carboxylic acids is 1. The van der Waals surface area contributed by atoms with Gasteiger partial charge >= 0.3 is 116 Å². The van der Waals surface area contributed by atoms with Crippen molar-refractivity contribution in [2.75, 3.05) is 0 Å². The molecular weight excluding hydrogens is 500 g/mol.